The Bertz CT molecular complexity index is 399. The molecule has 86 valence electrons. The second-order valence-corrected chi connectivity index (χ2v) is 2.80. The quantitative estimate of drug-likeness (QED) is 0.791. The lowest BCUT2D eigenvalue weighted by Gasteiger charge is -2.01. The molecule has 0 radical (unpaired) electrons. The smallest absolute Gasteiger partial charge is 0.212 e. The van der Waals surface area contributed by atoms with Crippen molar-refractivity contribution in [3.05, 3.63) is 36.2 Å². The molecule has 2 rings (SSSR count). The number of ether oxygens (including phenoxy) is 1. The summed E-state index contributed by atoms with van der Waals surface area (Å²) in [6.07, 6.45) is 0. The van der Waals surface area contributed by atoms with Crippen molar-refractivity contribution in [2.45, 2.75) is 20.5 Å². The Morgan fingerprint density at radius 3 is 2.44 bits per heavy atom. The van der Waals surface area contributed by atoms with Gasteiger partial charge in [-0.15, -0.1) is 10.2 Å². The van der Waals surface area contributed by atoms with Crippen molar-refractivity contribution >= 4 is 0 Å². The van der Waals surface area contributed by atoms with Crippen LogP contribution in [0.1, 0.15) is 19.7 Å². The molecule has 0 amide bonds. The lowest BCUT2D eigenvalue weighted by Crippen LogP contribution is -1.98. The summed E-state index contributed by atoms with van der Waals surface area (Å²) in [5, 5.41) is 11.5. The van der Waals surface area contributed by atoms with Gasteiger partial charge < -0.3 is 4.74 Å². The van der Waals surface area contributed by atoms with Gasteiger partial charge >= 0.3 is 0 Å². The highest BCUT2D eigenvalue weighted by atomic mass is 16.5. The Morgan fingerprint density at radius 1 is 1.19 bits per heavy atom. The van der Waals surface area contributed by atoms with Crippen LogP contribution < -0.4 is 4.74 Å². The van der Waals surface area contributed by atoms with Crippen molar-refractivity contribution in [1.82, 2.24) is 20.2 Å². The standard InChI is InChI=1S/C9H10N4O.C2H6/c1-13-11-9(10-12-13)7-14-8-5-3-2-4-6-8;1-2/h2-6H,7H2,1H3;1-2H3. The zero-order chi connectivity index (χ0) is 11.8. The number of aromatic nitrogens is 4. The van der Waals surface area contributed by atoms with Gasteiger partial charge in [0.2, 0.25) is 5.82 Å². The summed E-state index contributed by atoms with van der Waals surface area (Å²) in [5.41, 5.74) is 0. The van der Waals surface area contributed by atoms with Crippen molar-refractivity contribution in [1.29, 1.82) is 0 Å². The predicted molar refractivity (Wildman–Crippen MR) is 60.9 cm³/mol. The van der Waals surface area contributed by atoms with Crippen LogP contribution in [0.15, 0.2) is 30.3 Å². The summed E-state index contributed by atoms with van der Waals surface area (Å²) in [6, 6.07) is 9.54. The van der Waals surface area contributed by atoms with E-state index in [-0.39, 0.29) is 0 Å². The molecule has 16 heavy (non-hydrogen) atoms. The number of para-hydroxylation sites is 1. The number of tetrazole rings is 1. The van der Waals surface area contributed by atoms with E-state index in [0.29, 0.717) is 12.4 Å². The van der Waals surface area contributed by atoms with E-state index < -0.39 is 0 Å². The molecular weight excluding hydrogens is 204 g/mol. The van der Waals surface area contributed by atoms with Gasteiger partial charge in [-0.25, -0.2) is 0 Å². The lowest BCUT2D eigenvalue weighted by atomic mass is 10.3. The first-order valence-corrected chi connectivity index (χ1v) is 5.25. The fourth-order valence-electron chi connectivity index (χ4n) is 1.05. The summed E-state index contributed by atoms with van der Waals surface area (Å²) in [6.45, 7) is 4.35. The molecule has 0 N–H and O–H groups in total. The molecule has 0 saturated heterocycles. The molecular formula is C11H16N4O. The van der Waals surface area contributed by atoms with E-state index in [1.807, 2.05) is 44.2 Å². The van der Waals surface area contributed by atoms with Crippen LogP contribution in [-0.2, 0) is 13.7 Å². The zero-order valence-electron chi connectivity index (χ0n) is 9.79. The summed E-state index contributed by atoms with van der Waals surface area (Å²) in [4.78, 5) is 1.41. The second-order valence-electron chi connectivity index (χ2n) is 2.80. The van der Waals surface area contributed by atoms with E-state index in [4.69, 9.17) is 4.74 Å². The number of hydrogen-bond acceptors (Lipinski definition) is 4. The Labute approximate surface area is 95.1 Å². The topological polar surface area (TPSA) is 52.8 Å². The van der Waals surface area contributed by atoms with Gasteiger partial charge in [0.05, 0.1) is 7.05 Å². The van der Waals surface area contributed by atoms with Crippen LogP contribution in [0.3, 0.4) is 0 Å². The number of nitrogens with zero attached hydrogens (tertiary/aromatic N) is 4. The van der Waals surface area contributed by atoms with E-state index >= 15 is 0 Å². The van der Waals surface area contributed by atoms with Crippen molar-refractivity contribution in [3.63, 3.8) is 0 Å². The Morgan fingerprint density at radius 2 is 1.88 bits per heavy atom. The average Bonchev–Trinajstić information content (AvgIpc) is 2.77. The highest BCUT2D eigenvalue weighted by Gasteiger charge is 2.00. The molecule has 0 aliphatic heterocycles. The second kappa shape index (κ2) is 6.55. The van der Waals surface area contributed by atoms with Crippen LogP contribution >= 0.6 is 0 Å². The summed E-state index contributed by atoms with van der Waals surface area (Å²) in [5.74, 6) is 1.39. The van der Waals surface area contributed by atoms with Gasteiger partial charge in [-0.2, -0.15) is 4.80 Å². The third-order valence-corrected chi connectivity index (χ3v) is 1.66. The molecule has 5 heteroatoms. The highest BCUT2D eigenvalue weighted by Crippen LogP contribution is 2.09. The molecule has 1 aromatic heterocycles. The van der Waals surface area contributed by atoms with Gasteiger partial charge in [-0.1, -0.05) is 32.0 Å². The van der Waals surface area contributed by atoms with Crippen LogP contribution in [0.5, 0.6) is 5.75 Å². The SMILES string of the molecule is CC.Cn1nnc(COc2ccccc2)n1. The van der Waals surface area contributed by atoms with E-state index in [1.165, 1.54) is 4.80 Å². The van der Waals surface area contributed by atoms with Gasteiger partial charge in [-0.05, 0) is 17.3 Å². The summed E-state index contributed by atoms with van der Waals surface area (Å²) in [7, 11) is 1.72. The van der Waals surface area contributed by atoms with Crippen LogP contribution in [0.2, 0.25) is 0 Å². The molecule has 0 aliphatic carbocycles. The lowest BCUT2D eigenvalue weighted by molar-refractivity contribution is 0.295. The van der Waals surface area contributed by atoms with Gasteiger partial charge in [-0.3, -0.25) is 0 Å². The fraction of sp³-hybridized carbons (Fsp3) is 0.364. The zero-order valence-corrected chi connectivity index (χ0v) is 9.79. The minimum atomic E-state index is 0.345. The minimum absolute atomic E-state index is 0.345. The molecule has 0 unspecified atom stereocenters. The van der Waals surface area contributed by atoms with E-state index in [9.17, 15) is 0 Å². The number of hydrogen-bond donors (Lipinski definition) is 0. The predicted octanol–water partition coefficient (Wildman–Crippen LogP) is 1.82. The van der Waals surface area contributed by atoms with Crippen molar-refractivity contribution in [3.8, 4) is 5.75 Å². The Hall–Kier alpha value is -1.91. The highest BCUT2D eigenvalue weighted by molar-refractivity contribution is 5.20. The minimum Gasteiger partial charge on any atom is -0.485 e. The first kappa shape index (κ1) is 12.2. The maximum absolute atomic E-state index is 5.43. The fourth-order valence-corrected chi connectivity index (χ4v) is 1.05. The average molecular weight is 220 g/mol. The van der Waals surface area contributed by atoms with Crippen LogP contribution in [0.25, 0.3) is 0 Å². The molecule has 0 fully saturated rings. The maximum atomic E-state index is 5.43. The summed E-state index contributed by atoms with van der Waals surface area (Å²) < 4.78 is 5.43. The van der Waals surface area contributed by atoms with Gasteiger partial charge in [0.1, 0.15) is 5.75 Å². The maximum Gasteiger partial charge on any atom is 0.212 e. The normalized spacial score (nSPS) is 9.19. The molecule has 2 aromatic rings. The third kappa shape index (κ3) is 3.68. The van der Waals surface area contributed by atoms with E-state index in [1.54, 1.807) is 7.05 Å². The molecule has 0 saturated carbocycles. The molecule has 0 atom stereocenters. The van der Waals surface area contributed by atoms with Crippen molar-refractivity contribution in [2.75, 3.05) is 0 Å². The largest absolute Gasteiger partial charge is 0.485 e. The van der Waals surface area contributed by atoms with E-state index in [0.717, 1.165) is 5.75 Å². The molecule has 1 heterocycles. The first-order valence-electron chi connectivity index (χ1n) is 5.25. The van der Waals surface area contributed by atoms with Crippen LogP contribution in [-0.4, -0.2) is 20.2 Å². The molecule has 0 aliphatic rings. The van der Waals surface area contributed by atoms with Gasteiger partial charge in [0.25, 0.3) is 0 Å². The monoisotopic (exact) mass is 220 g/mol. The molecule has 0 spiro atoms. The van der Waals surface area contributed by atoms with Crippen LogP contribution in [0, 0.1) is 0 Å². The summed E-state index contributed by atoms with van der Waals surface area (Å²) >= 11 is 0. The third-order valence-electron chi connectivity index (χ3n) is 1.66. The molecule has 5 nitrogen and oxygen atoms in total. The Balaban J connectivity index is 0.000000606. The number of benzene rings is 1. The number of rotatable bonds is 3. The van der Waals surface area contributed by atoms with E-state index in [2.05, 4.69) is 15.4 Å². The Kier molecular flexibility index (Phi) is 4.98. The van der Waals surface area contributed by atoms with Crippen molar-refractivity contribution in [2.24, 2.45) is 7.05 Å². The van der Waals surface area contributed by atoms with Gasteiger partial charge in [0.15, 0.2) is 6.61 Å². The van der Waals surface area contributed by atoms with Crippen LogP contribution in [0.4, 0.5) is 0 Å². The van der Waals surface area contributed by atoms with Gasteiger partial charge in [0, 0.05) is 0 Å². The van der Waals surface area contributed by atoms with Crippen molar-refractivity contribution < 1.29 is 4.74 Å². The number of aryl methyl sites for hydroxylation is 1. The first-order chi connectivity index (χ1) is 7.84. The molecule has 0 bridgehead atoms. The molecule has 1 aromatic carbocycles.